The molecule has 7 nitrogen and oxygen atoms in total. The fourth-order valence-electron chi connectivity index (χ4n) is 1.81. The molecule has 0 aromatic carbocycles. The van der Waals surface area contributed by atoms with Gasteiger partial charge in [-0.05, 0) is 12.8 Å². The van der Waals surface area contributed by atoms with Crippen LogP contribution < -0.4 is 0 Å². The average Bonchev–Trinajstić information content (AvgIpc) is 2.50. The Morgan fingerprint density at radius 3 is 1.50 bits per heavy atom. The van der Waals surface area contributed by atoms with Crippen molar-refractivity contribution in [3.8, 4) is 0 Å². The van der Waals surface area contributed by atoms with Crippen LogP contribution in [0.25, 0.3) is 0 Å². The van der Waals surface area contributed by atoms with Crippen LogP contribution in [-0.4, -0.2) is 39.5 Å². The third-order valence-electron chi connectivity index (χ3n) is 3.81. The average molecular weight is 308 g/mol. The number of nitrogens with zero attached hydrogens (tertiary/aromatic N) is 2. The van der Waals surface area contributed by atoms with Crippen LogP contribution in [0.1, 0.15) is 40.5 Å². The van der Waals surface area contributed by atoms with Crippen LogP contribution >= 0.6 is 0 Å². The minimum absolute atomic E-state index is 0.345. The molecule has 0 spiro atoms. The van der Waals surface area contributed by atoms with Crippen molar-refractivity contribution in [3.63, 3.8) is 0 Å². The summed E-state index contributed by atoms with van der Waals surface area (Å²) in [4.78, 5) is 61.5. The number of barbiturate groups is 1. The summed E-state index contributed by atoms with van der Waals surface area (Å²) in [5, 5.41) is 0. The van der Waals surface area contributed by atoms with E-state index in [2.05, 4.69) is 6.58 Å². The second kappa shape index (κ2) is 6.64. The Hall–Kier alpha value is -2.31. The Bertz CT molecular complexity index is 520. The molecule has 1 aliphatic heterocycles. The molecule has 0 aromatic heterocycles. The van der Waals surface area contributed by atoms with Gasteiger partial charge in [0.25, 0.3) is 11.8 Å². The molecule has 0 saturated carbocycles. The maximum atomic E-state index is 12.3. The second-order valence-electron chi connectivity index (χ2n) is 5.34. The molecule has 2 atom stereocenters. The molecule has 0 radical (unpaired) electrons. The summed E-state index contributed by atoms with van der Waals surface area (Å²) in [5.74, 6) is -4.79. The number of rotatable bonds is 4. The summed E-state index contributed by atoms with van der Waals surface area (Å²) in [7, 11) is 0. The van der Waals surface area contributed by atoms with E-state index in [1.807, 2.05) is 0 Å². The van der Waals surface area contributed by atoms with Gasteiger partial charge in [-0.25, -0.2) is 4.79 Å². The minimum atomic E-state index is -1.21. The molecule has 1 saturated heterocycles. The van der Waals surface area contributed by atoms with E-state index in [9.17, 15) is 24.0 Å². The lowest BCUT2D eigenvalue weighted by atomic mass is 10.0. The van der Waals surface area contributed by atoms with Gasteiger partial charge in [0, 0.05) is 11.8 Å². The highest BCUT2D eigenvalue weighted by Crippen LogP contribution is 2.22. The number of hydrogen-bond acceptors (Lipinski definition) is 5. The van der Waals surface area contributed by atoms with Gasteiger partial charge in [-0.15, -0.1) is 0 Å². The van der Waals surface area contributed by atoms with Gasteiger partial charge < -0.3 is 0 Å². The highest BCUT2D eigenvalue weighted by molar-refractivity contribution is 6.36. The second-order valence-corrected chi connectivity index (χ2v) is 5.34. The van der Waals surface area contributed by atoms with Gasteiger partial charge in [-0.1, -0.05) is 34.3 Å². The van der Waals surface area contributed by atoms with E-state index >= 15 is 0 Å². The number of urea groups is 1. The zero-order valence-electron chi connectivity index (χ0n) is 13.2. The molecule has 0 aromatic rings. The Morgan fingerprint density at radius 2 is 1.23 bits per heavy atom. The maximum absolute atomic E-state index is 12.3. The Kier molecular flexibility index (Phi) is 5.35. The SMILES string of the molecule is C=C1C(=O)N(C(=O)C(C)CC)C(=O)N(C(=O)C(C)CC)C1=O. The summed E-state index contributed by atoms with van der Waals surface area (Å²) in [6.07, 6.45) is 0.825. The molecular weight excluding hydrogens is 288 g/mol. The minimum Gasteiger partial charge on any atom is -0.274 e. The van der Waals surface area contributed by atoms with Gasteiger partial charge in [0.2, 0.25) is 11.8 Å². The first kappa shape index (κ1) is 17.7. The number of amides is 6. The standard InChI is InChI=1S/C15H20N2O5/c1-6-8(3)11(18)16-13(20)10(5)14(21)17(15(16)22)12(19)9(4)7-2/h8-9H,5-7H2,1-4H3. The van der Waals surface area contributed by atoms with Crippen LogP contribution in [0.3, 0.4) is 0 Å². The largest absolute Gasteiger partial charge is 0.347 e. The molecule has 1 heterocycles. The smallest absolute Gasteiger partial charge is 0.274 e. The Morgan fingerprint density at radius 1 is 0.909 bits per heavy atom. The fraction of sp³-hybridized carbons (Fsp3) is 0.533. The first-order valence-corrected chi connectivity index (χ1v) is 7.18. The summed E-state index contributed by atoms with van der Waals surface area (Å²) < 4.78 is 0. The van der Waals surface area contributed by atoms with E-state index in [0.717, 1.165) is 0 Å². The van der Waals surface area contributed by atoms with Gasteiger partial charge in [-0.2, -0.15) is 9.80 Å². The molecule has 0 aliphatic carbocycles. The van der Waals surface area contributed by atoms with E-state index in [1.165, 1.54) is 0 Å². The van der Waals surface area contributed by atoms with Crippen molar-refractivity contribution in [3.05, 3.63) is 12.2 Å². The topological polar surface area (TPSA) is 91.8 Å². The molecule has 1 fully saturated rings. The van der Waals surface area contributed by atoms with Crippen LogP contribution in [0.2, 0.25) is 0 Å². The third kappa shape index (κ3) is 2.84. The van der Waals surface area contributed by atoms with E-state index in [4.69, 9.17) is 0 Å². The number of carbonyl (C=O) groups excluding carboxylic acids is 5. The molecule has 120 valence electrons. The molecule has 1 rings (SSSR count). The van der Waals surface area contributed by atoms with Crippen molar-refractivity contribution in [2.45, 2.75) is 40.5 Å². The van der Waals surface area contributed by atoms with Crippen molar-refractivity contribution in [1.82, 2.24) is 9.80 Å². The van der Waals surface area contributed by atoms with E-state index in [1.54, 1.807) is 27.7 Å². The summed E-state index contributed by atoms with van der Waals surface area (Å²) in [6.45, 7) is 9.88. The lowest BCUT2D eigenvalue weighted by molar-refractivity contribution is -0.150. The Balaban J connectivity index is 3.27. The van der Waals surface area contributed by atoms with Gasteiger partial charge in [0.15, 0.2) is 0 Å². The van der Waals surface area contributed by atoms with E-state index in [0.29, 0.717) is 22.6 Å². The van der Waals surface area contributed by atoms with Gasteiger partial charge >= 0.3 is 6.03 Å². The molecule has 6 amide bonds. The lowest BCUT2D eigenvalue weighted by Gasteiger charge is -2.33. The molecule has 2 unspecified atom stereocenters. The Labute approximate surface area is 128 Å². The van der Waals surface area contributed by atoms with Crippen molar-refractivity contribution in [2.24, 2.45) is 11.8 Å². The normalized spacial score (nSPS) is 18.5. The molecule has 22 heavy (non-hydrogen) atoms. The predicted octanol–water partition coefficient (Wildman–Crippen LogP) is 1.48. The summed E-state index contributed by atoms with van der Waals surface area (Å²) in [5.41, 5.74) is -0.562. The fourth-order valence-corrected chi connectivity index (χ4v) is 1.81. The van der Waals surface area contributed by atoms with Crippen molar-refractivity contribution < 1.29 is 24.0 Å². The lowest BCUT2D eigenvalue weighted by Crippen LogP contribution is -2.61. The van der Waals surface area contributed by atoms with Gasteiger partial charge in [0.05, 0.1) is 5.57 Å². The van der Waals surface area contributed by atoms with Crippen LogP contribution in [0.4, 0.5) is 4.79 Å². The molecular formula is C15H20N2O5. The summed E-state index contributed by atoms with van der Waals surface area (Å²) >= 11 is 0. The number of imide groups is 6. The van der Waals surface area contributed by atoms with Crippen molar-refractivity contribution in [1.29, 1.82) is 0 Å². The molecule has 0 N–H and O–H groups in total. The highest BCUT2D eigenvalue weighted by Gasteiger charge is 2.48. The predicted molar refractivity (Wildman–Crippen MR) is 77.2 cm³/mol. The first-order chi connectivity index (χ1) is 10.2. The van der Waals surface area contributed by atoms with Gasteiger partial charge in [-0.3, -0.25) is 19.2 Å². The molecule has 0 bridgehead atoms. The molecule has 1 aliphatic rings. The summed E-state index contributed by atoms with van der Waals surface area (Å²) in [6, 6.07) is -1.21. The van der Waals surface area contributed by atoms with E-state index < -0.39 is 47.1 Å². The van der Waals surface area contributed by atoms with Gasteiger partial charge in [0.1, 0.15) is 0 Å². The first-order valence-electron chi connectivity index (χ1n) is 7.18. The monoisotopic (exact) mass is 308 g/mol. The van der Waals surface area contributed by atoms with Crippen molar-refractivity contribution in [2.75, 3.05) is 0 Å². The van der Waals surface area contributed by atoms with Crippen LogP contribution in [0.15, 0.2) is 12.2 Å². The zero-order chi connectivity index (χ0) is 17.2. The maximum Gasteiger partial charge on any atom is 0.347 e. The highest BCUT2D eigenvalue weighted by atomic mass is 16.2. The van der Waals surface area contributed by atoms with Crippen molar-refractivity contribution >= 4 is 29.7 Å². The quantitative estimate of drug-likeness (QED) is 0.579. The molecule has 7 heteroatoms. The number of carbonyl (C=O) groups is 5. The number of hydrogen-bond donors (Lipinski definition) is 0. The van der Waals surface area contributed by atoms with Crippen LogP contribution in [-0.2, 0) is 19.2 Å². The zero-order valence-corrected chi connectivity index (χ0v) is 13.2. The van der Waals surface area contributed by atoms with Crippen LogP contribution in [0, 0.1) is 11.8 Å². The van der Waals surface area contributed by atoms with E-state index in [-0.39, 0.29) is 0 Å². The third-order valence-corrected chi connectivity index (χ3v) is 3.81. The van der Waals surface area contributed by atoms with Crippen LogP contribution in [0.5, 0.6) is 0 Å².